The van der Waals surface area contributed by atoms with Crippen LogP contribution in [-0.4, -0.2) is 60.0 Å². The van der Waals surface area contributed by atoms with E-state index in [-0.39, 0.29) is 5.91 Å². The van der Waals surface area contributed by atoms with Crippen molar-refractivity contribution in [3.8, 4) is 0 Å². The molecule has 1 saturated heterocycles. The summed E-state index contributed by atoms with van der Waals surface area (Å²) in [7, 11) is 0. The maximum Gasteiger partial charge on any atom is 0.261 e. The zero-order chi connectivity index (χ0) is 18.6. The number of ether oxygens (including phenoxy) is 1. The summed E-state index contributed by atoms with van der Waals surface area (Å²) >= 11 is 1.51. The summed E-state index contributed by atoms with van der Waals surface area (Å²) in [6.07, 6.45) is 0. The van der Waals surface area contributed by atoms with Gasteiger partial charge in [0.2, 0.25) is 0 Å². The van der Waals surface area contributed by atoms with Crippen LogP contribution in [0.1, 0.15) is 20.9 Å². The molecule has 3 aromatic rings. The van der Waals surface area contributed by atoms with Gasteiger partial charge in [-0.1, -0.05) is 30.3 Å². The fraction of sp³-hybridized carbons (Fsp3) is 0.400. The third-order valence-corrected chi connectivity index (χ3v) is 5.97. The van der Waals surface area contributed by atoms with Crippen LogP contribution in [0.4, 0.5) is 0 Å². The lowest BCUT2D eigenvalue weighted by atomic mass is 10.2. The zero-order valence-electron chi connectivity index (χ0n) is 15.5. The van der Waals surface area contributed by atoms with Gasteiger partial charge in [-0.05, 0) is 18.6 Å². The van der Waals surface area contributed by atoms with E-state index in [1.165, 1.54) is 16.9 Å². The minimum atomic E-state index is -0.00452. The Bertz CT molecular complexity index is 913. The maximum absolute atomic E-state index is 12.6. The predicted molar refractivity (Wildman–Crippen MR) is 107 cm³/mol. The highest BCUT2D eigenvalue weighted by molar-refractivity contribution is 7.20. The Morgan fingerprint density at radius 1 is 1.26 bits per heavy atom. The van der Waals surface area contributed by atoms with Crippen molar-refractivity contribution in [3.63, 3.8) is 0 Å². The number of benzene rings is 1. The molecule has 1 fully saturated rings. The van der Waals surface area contributed by atoms with Gasteiger partial charge in [-0.2, -0.15) is 5.10 Å². The minimum absolute atomic E-state index is 0.00452. The number of thiophene rings is 1. The van der Waals surface area contributed by atoms with Crippen LogP contribution >= 0.6 is 11.3 Å². The van der Waals surface area contributed by atoms with Gasteiger partial charge in [-0.15, -0.1) is 11.3 Å². The Morgan fingerprint density at radius 3 is 2.81 bits per heavy atom. The fourth-order valence-electron chi connectivity index (χ4n) is 3.33. The van der Waals surface area contributed by atoms with E-state index in [9.17, 15) is 4.79 Å². The van der Waals surface area contributed by atoms with Crippen molar-refractivity contribution in [2.75, 3.05) is 39.4 Å². The molecule has 142 valence electrons. The molecule has 1 amide bonds. The van der Waals surface area contributed by atoms with Crippen molar-refractivity contribution < 1.29 is 9.53 Å². The average molecular weight is 385 g/mol. The molecular weight excluding hydrogens is 360 g/mol. The van der Waals surface area contributed by atoms with Crippen LogP contribution in [0.5, 0.6) is 0 Å². The van der Waals surface area contributed by atoms with E-state index in [1.54, 1.807) is 0 Å². The second-order valence-electron chi connectivity index (χ2n) is 6.77. The van der Waals surface area contributed by atoms with Crippen LogP contribution in [0.2, 0.25) is 0 Å². The molecule has 2 aromatic heterocycles. The first-order valence-electron chi connectivity index (χ1n) is 9.30. The van der Waals surface area contributed by atoms with Gasteiger partial charge < -0.3 is 10.1 Å². The second kappa shape index (κ2) is 8.21. The normalized spacial score (nSPS) is 15.3. The van der Waals surface area contributed by atoms with Crippen LogP contribution in [0.25, 0.3) is 10.2 Å². The van der Waals surface area contributed by atoms with Gasteiger partial charge in [0.05, 0.1) is 30.3 Å². The van der Waals surface area contributed by atoms with E-state index in [0.717, 1.165) is 53.6 Å². The Hall–Kier alpha value is -2.22. The maximum atomic E-state index is 12.6. The molecule has 0 bridgehead atoms. The van der Waals surface area contributed by atoms with E-state index in [0.29, 0.717) is 13.1 Å². The number of aromatic nitrogens is 2. The monoisotopic (exact) mass is 384 g/mol. The van der Waals surface area contributed by atoms with Gasteiger partial charge in [-0.25, -0.2) is 0 Å². The van der Waals surface area contributed by atoms with Gasteiger partial charge in [-0.3, -0.25) is 14.4 Å². The van der Waals surface area contributed by atoms with Gasteiger partial charge >= 0.3 is 0 Å². The number of rotatable bonds is 6. The highest BCUT2D eigenvalue weighted by atomic mass is 32.1. The number of nitrogens with one attached hydrogen (secondary N) is 1. The van der Waals surface area contributed by atoms with E-state index in [4.69, 9.17) is 4.74 Å². The molecule has 0 saturated carbocycles. The van der Waals surface area contributed by atoms with E-state index in [1.807, 2.05) is 35.9 Å². The Labute approximate surface area is 162 Å². The molecule has 1 aromatic carbocycles. The van der Waals surface area contributed by atoms with Crippen molar-refractivity contribution in [2.24, 2.45) is 0 Å². The average Bonchev–Trinajstić information content (AvgIpc) is 3.25. The molecule has 1 N–H and O–H groups in total. The highest BCUT2D eigenvalue weighted by Crippen LogP contribution is 2.28. The topological polar surface area (TPSA) is 59.4 Å². The first-order valence-corrected chi connectivity index (χ1v) is 10.1. The molecule has 0 unspecified atom stereocenters. The van der Waals surface area contributed by atoms with E-state index in [2.05, 4.69) is 27.4 Å². The molecule has 0 atom stereocenters. The quantitative estimate of drug-likeness (QED) is 0.709. The summed E-state index contributed by atoms with van der Waals surface area (Å²) in [5.41, 5.74) is 2.16. The summed E-state index contributed by atoms with van der Waals surface area (Å²) in [5, 5.41) is 8.75. The molecule has 1 aliphatic heterocycles. The third-order valence-electron chi connectivity index (χ3n) is 4.82. The number of carbonyl (C=O) groups is 1. The minimum Gasteiger partial charge on any atom is -0.379 e. The number of fused-ring (bicyclic) bond motifs is 1. The largest absolute Gasteiger partial charge is 0.379 e. The van der Waals surface area contributed by atoms with E-state index < -0.39 is 0 Å². The molecule has 3 heterocycles. The predicted octanol–water partition coefficient (Wildman–Crippen LogP) is 2.52. The van der Waals surface area contributed by atoms with Crippen molar-refractivity contribution in [3.05, 3.63) is 52.5 Å². The Balaban J connectivity index is 1.43. The fourth-order valence-corrected chi connectivity index (χ4v) is 4.40. The number of nitrogens with zero attached hydrogens (tertiary/aromatic N) is 3. The second-order valence-corrected chi connectivity index (χ2v) is 7.80. The molecule has 1 aliphatic rings. The molecule has 0 spiro atoms. The molecule has 4 rings (SSSR count). The summed E-state index contributed by atoms with van der Waals surface area (Å²) in [6, 6.07) is 12.2. The highest BCUT2D eigenvalue weighted by Gasteiger charge is 2.17. The summed E-state index contributed by atoms with van der Waals surface area (Å²) in [4.78, 5) is 16.7. The first kappa shape index (κ1) is 18.2. The van der Waals surface area contributed by atoms with Crippen molar-refractivity contribution in [1.82, 2.24) is 20.0 Å². The smallest absolute Gasteiger partial charge is 0.261 e. The van der Waals surface area contributed by atoms with Crippen LogP contribution in [-0.2, 0) is 11.3 Å². The van der Waals surface area contributed by atoms with Crippen LogP contribution in [0, 0.1) is 6.92 Å². The van der Waals surface area contributed by atoms with Gasteiger partial charge in [0.1, 0.15) is 4.83 Å². The van der Waals surface area contributed by atoms with Crippen molar-refractivity contribution in [1.29, 1.82) is 0 Å². The molecule has 0 radical (unpaired) electrons. The first-order chi connectivity index (χ1) is 13.2. The number of amides is 1. The summed E-state index contributed by atoms with van der Waals surface area (Å²) in [5.74, 6) is -0.00452. The SMILES string of the molecule is Cc1nn(Cc2ccccc2)c2sc(C(=O)NCCN3CCOCC3)cc12. The Kier molecular flexibility index (Phi) is 5.52. The van der Waals surface area contributed by atoms with Crippen molar-refractivity contribution in [2.45, 2.75) is 13.5 Å². The zero-order valence-corrected chi connectivity index (χ0v) is 16.3. The number of hydrogen-bond acceptors (Lipinski definition) is 5. The van der Waals surface area contributed by atoms with Crippen LogP contribution in [0.3, 0.4) is 0 Å². The standard InChI is InChI=1S/C20H24N4O2S/c1-15-17-13-18(19(25)21-7-8-23-9-11-26-12-10-23)27-20(17)24(22-15)14-16-5-3-2-4-6-16/h2-6,13H,7-12,14H2,1H3,(H,21,25). The number of morpholine rings is 1. The third kappa shape index (κ3) is 4.21. The van der Waals surface area contributed by atoms with E-state index >= 15 is 0 Å². The lowest BCUT2D eigenvalue weighted by molar-refractivity contribution is 0.0383. The van der Waals surface area contributed by atoms with Crippen LogP contribution < -0.4 is 5.32 Å². The van der Waals surface area contributed by atoms with Crippen molar-refractivity contribution >= 4 is 27.5 Å². The summed E-state index contributed by atoms with van der Waals surface area (Å²) in [6.45, 7) is 7.66. The van der Waals surface area contributed by atoms with Gasteiger partial charge in [0.15, 0.2) is 0 Å². The summed E-state index contributed by atoms with van der Waals surface area (Å²) < 4.78 is 7.35. The van der Waals surface area contributed by atoms with Gasteiger partial charge in [0.25, 0.3) is 5.91 Å². The lowest BCUT2D eigenvalue weighted by Crippen LogP contribution is -2.41. The number of carbonyl (C=O) groups excluding carboxylic acids is 1. The lowest BCUT2D eigenvalue weighted by Gasteiger charge is -2.26. The Morgan fingerprint density at radius 2 is 2.04 bits per heavy atom. The number of hydrogen-bond donors (Lipinski definition) is 1. The van der Waals surface area contributed by atoms with Crippen LogP contribution in [0.15, 0.2) is 36.4 Å². The molecular formula is C20H24N4O2S. The molecule has 6 nitrogen and oxygen atoms in total. The molecule has 7 heteroatoms. The number of aryl methyl sites for hydroxylation is 1. The van der Waals surface area contributed by atoms with Gasteiger partial charge in [0, 0.05) is 31.6 Å². The molecule has 27 heavy (non-hydrogen) atoms. The molecule has 0 aliphatic carbocycles.